The van der Waals surface area contributed by atoms with Crippen molar-refractivity contribution in [1.82, 2.24) is 14.5 Å². The van der Waals surface area contributed by atoms with Gasteiger partial charge in [-0.15, -0.1) is 0 Å². The standard InChI is InChI=1S/C16H11IN4/c17-16-12-8-20-15(7-11(12)1-2-13(16)18)21-6-4-10-3-5-19-9-14(10)21/h1-9H,18H2. The number of nitrogen functional groups attached to an aromatic ring is 1. The highest BCUT2D eigenvalue weighted by molar-refractivity contribution is 14.1. The molecule has 0 aliphatic heterocycles. The molecule has 0 fully saturated rings. The molecule has 0 saturated carbocycles. The number of pyridine rings is 2. The highest BCUT2D eigenvalue weighted by Gasteiger charge is 2.07. The summed E-state index contributed by atoms with van der Waals surface area (Å²) in [5.41, 5.74) is 7.78. The second-order valence-corrected chi connectivity index (χ2v) is 5.93. The van der Waals surface area contributed by atoms with Crippen LogP contribution in [0.3, 0.4) is 0 Å². The second-order valence-electron chi connectivity index (χ2n) is 4.85. The zero-order valence-corrected chi connectivity index (χ0v) is 13.2. The summed E-state index contributed by atoms with van der Waals surface area (Å²) in [5.74, 6) is 0.881. The largest absolute Gasteiger partial charge is 0.398 e. The van der Waals surface area contributed by atoms with Gasteiger partial charge in [0.25, 0.3) is 0 Å². The van der Waals surface area contributed by atoms with Crippen LogP contribution < -0.4 is 5.73 Å². The number of anilines is 1. The van der Waals surface area contributed by atoms with Gasteiger partial charge in [0.15, 0.2) is 0 Å². The maximum Gasteiger partial charge on any atom is 0.137 e. The molecule has 0 bridgehead atoms. The van der Waals surface area contributed by atoms with Crippen molar-refractivity contribution in [3.63, 3.8) is 0 Å². The van der Waals surface area contributed by atoms with Gasteiger partial charge in [-0.1, -0.05) is 6.07 Å². The third-order valence-electron chi connectivity index (χ3n) is 3.60. The quantitative estimate of drug-likeness (QED) is 0.400. The van der Waals surface area contributed by atoms with Crippen molar-refractivity contribution in [2.24, 2.45) is 0 Å². The van der Waals surface area contributed by atoms with Gasteiger partial charge in [0.2, 0.25) is 0 Å². The molecule has 4 rings (SSSR count). The Hall–Kier alpha value is -2.15. The normalized spacial score (nSPS) is 11.3. The van der Waals surface area contributed by atoms with Gasteiger partial charge in [0, 0.05) is 38.6 Å². The summed E-state index contributed by atoms with van der Waals surface area (Å²) in [4.78, 5) is 8.77. The molecule has 21 heavy (non-hydrogen) atoms. The van der Waals surface area contributed by atoms with Gasteiger partial charge >= 0.3 is 0 Å². The zero-order chi connectivity index (χ0) is 14.4. The number of nitrogens with two attached hydrogens (primary N) is 1. The summed E-state index contributed by atoms with van der Waals surface area (Å²) in [6, 6.07) is 10.1. The van der Waals surface area contributed by atoms with E-state index in [1.165, 1.54) is 0 Å². The molecule has 4 nitrogen and oxygen atoms in total. The van der Waals surface area contributed by atoms with Crippen LogP contribution in [-0.4, -0.2) is 14.5 Å². The molecule has 4 aromatic rings. The summed E-state index contributed by atoms with van der Waals surface area (Å²) < 4.78 is 3.09. The predicted octanol–water partition coefficient (Wildman–Crippen LogP) is 3.76. The Labute approximate surface area is 134 Å². The van der Waals surface area contributed by atoms with E-state index in [2.05, 4.69) is 44.7 Å². The first-order chi connectivity index (χ1) is 10.2. The van der Waals surface area contributed by atoms with Crippen molar-refractivity contribution in [1.29, 1.82) is 0 Å². The Kier molecular flexibility index (Phi) is 2.81. The van der Waals surface area contributed by atoms with Gasteiger partial charge in [-0.2, -0.15) is 0 Å². The molecule has 3 heterocycles. The van der Waals surface area contributed by atoms with E-state index in [0.717, 1.165) is 36.8 Å². The van der Waals surface area contributed by atoms with E-state index in [1.54, 1.807) is 6.20 Å². The number of fused-ring (bicyclic) bond motifs is 2. The van der Waals surface area contributed by atoms with Gasteiger partial charge in [0.05, 0.1) is 11.7 Å². The molecule has 0 saturated heterocycles. The third kappa shape index (κ3) is 1.96. The lowest BCUT2D eigenvalue weighted by molar-refractivity contribution is 1.05. The summed E-state index contributed by atoms with van der Waals surface area (Å²) in [6.45, 7) is 0. The first-order valence-corrected chi connectivity index (χ1v) is 7.57. The fourth-order valence-corrected chi connectivity index (χ4v) is 3.13. The van der Waals surface area contributed by atoms with Crippen LogP contribution in [-0.2, 0) is 0 Å². The number of nitrogens with zero attached hydrogens (tertiary/aromatic N) is 3. The van der Waals surface area contributed by atoms with E-state index in [4.69, 9.17) is 5.73 Å². The van der Waals surface area contributed by atoms with Gasteiger partial charge in [-0.05, 0) is 52.2 Å². The molecule has 102 valence electrons. The molecular formula is C16H11IN4. The van der Waals surface area contributed by atoms with Gasteiger partial charge in [0.1, 0.15) is 5.82 Å². The van der Waals surface area contributed by atoms with E-state index >= 15 is 0 Å². The maximum atomic E-state index is 5.94. The van der Waals surface area contributed by atoms with Crippen molar-refractivity contribution < 1.29 is 0 Å². The summed E-state index contributed by atoms with van der Waals surface area (Å²) in [5, 5.41) is 3.36. The third-order valence-corrected chi connectivity index (χ3v) is 4.80. The molecule has 0 atom stereocenters. The molecular weight excluding hydrogens is 375 g/mol. The molecule has 0 amide bonds. The first-order valence-electron chi connectivity index (χ1n) is 6.49. The number of hydrogen-bond donors (Lipinski definition) is 1. The SMILES string of the molecule is Nc1ccc2cc(-n3ccc4ccncc43)ncc2c1I. The van der Waals surface area contributed by atoms with E-state index < -0.39 is 0 Å². The van der Waals surface area contributed by atoms with Gasteiger partial charge in [-0.25, -0.2) is 4.98 Å². The molecule has 3 aromatic heterocycles. The minimum Gasteiger partial charge on any atom is -0.398 e. The van der Waals surface area contributed by atoms with Crippen LogP contribution >= 0.6 is 22.6 Å². The zero-order valence-electron chi connectivity index (χ0n) is 11.0. The lowest BCUT2D eigenvalue weighted by Crippen LogP contribution is -1.97. The van der Waals surface area contributed by atoms with Crippen molar-refractivity contribution in [3.05, 3.63) is 58.7 Å². The number of rotatable bonds is 1. The fraction of sp³-hybridized carbons (Fsp3) is 0. The van der Waals surface area contributed by atoms with Crippen LogP contribution in [0.2, 0.25) is 0 Å². The van der Waals surface area contributed by atoms with Crippen molar-refractivity contribution in [2.75, 3.05) is 5.73 Å². The van der Waals surface area contributed by atoms with Crippen LogP contribution in [0.1, 0.15) is 0 Å². The highest BCUT2D eigenvalue weighted by atomic mass is 127. The maximum absolute atomic E-state index is 5.94. The van der Waals surface area contributed by atoms with Gasteiger partial charge < -0.3 is 5.73 Å². The fourth-order valence-electron chi connectivity index (χ4n) is 2.49. The first kappa shape index (κ1) is 12.6. The van der Waals surface area contributed by atoms with Crippen LogP contribution in [0, 0.1) is 3.57 Å². The average molecular weight is 386 g/mol. The Bertz CT molecular complexity index is 975. The van der Waals surface area contributed by atoms with Crippen molar-refractivity contribution >= 4 is 50.0 Å². The lowest BCUT2D eigenvalue weighted by atomic mass is 10.1. The van der Waals surface area contributed by atoms with E-state index in [-0.39, 0.29) is 0 Å². The molecule has 0 aliphatic rings. The Morgan fingerprint density at radius 3 is 2.86 bits per heavy atom. The Balaban J connectivity index is 1.97. The lowest BCUT2D eigenvalue weighted by Gasteiger charge is -2.08. The number of benzene rings is 1. The minimum atomic E-state index is 0.785. The second kappa shape index (κ2) is 4.70. The van der Waals surface area contributed by atoms with Crippen molar-refractivity contribution in [3.8, 4) is 5.82 Å². The Morgan fingerprint density at radius 1 is 1.05 bits per heavy atom. The van der Waals surface area contributed by atoms with Crippen LogP contribution in [0.5, 0.6) is 0 Å². The molecule has 1 aromatic carbocycles. The number of hydrogen-bond acceptors (Lipinski definition) is 3. The van der Waals surface area contributed by atoms with Crippen LogP contribution in [0.25, 0.3) is 27.5 Å². The molecule has 0 radical (unpaired) electrons. The van der Waals surface area contributed by atoms with E-state index in [9.17, 15) is 0 Å². The smallest absolute Gasteiger partial charge is 0.137 e. The molecule has 0 aliphatic carbocycles. The molecule has 2 N–H and O–H groups in total. The van der Waals surface area contributed by atoms with E-state index in [0.29, 0.717) is 0 Å². The molecule has 0 spiro atoms. The number of halogens is 1. The Morgan fingerprint density at radius 2 is 1.95 bits per heavy atom. The summed E-state index contributed by atoms with van der Waals surface area (Å²) in [6.07, 6.45) is 7.55. The summed E-state index contributed by atoms with van der Waals surface area (Å²) in [7, 11) is 0. The van der Waals surface area contributed by atoms with Gasteiger partial charge in [-0.3, -0.25) is 9.55 Å². The predicted molar refractivity (Wildman–Crippen MR) is 93.5 cm³/mol. The van der Waals surface area contributed by atoms with Crippen LogP contribution in [0.15, 0.2) is 55.1 Å². The molecule has 5 heteroatoms. The highest BCUT2D eigenvalue weighted by Crippen LogP contribution is 2.27. The molecule has 0 unspecified atom stereocenters. The summed E-state index contributed by atoms with van der Waals surface area (Å²) >= 11 is 2.26. The minimum absolute atomic E-state index is 0.785. The van der Waals surface area contributed by atoms with Crippen LogP contribution in [0.4, 0.5) is 5.69 Å². The average Bonchev–Trinajstić information content (AvgIpc) is 2.95. The van der Waals surface area contributed by atoms with E-state index in [1.807, 2.05) is 41.4 Å². The monoisotopic (exact) mass is 386 g/mol. The number of aromatic nitrogens is 3. The topological polar surface area (TPSA) is 56.7 Å². The van der Waals surface area contributed by atoms with Crippen molar-refractivity contribution in [2.45, 2.75) is 0 Å².